The minimum absolute atomic E-state index is 0.0516. The van der Waals surface area contributed by atoms with Crippen LogP contribution >= 0.6 is 11.6 Å². The SMILES string of the molecule is CCCOc1cccc(C2/C(=C(/O)c3cccc(Cl)c3)C(=O)C(=O)N2c2ccc(C#N)cc2)c1. The number of ketones is 1. The highest BCUT2D eigenvalue weighted by molar-refractivity contribution is 6.51. The number of aliphatic hydroxyl groups is 1. The maximum Gasteiger partial charge on any atom is 0.300 e. The molecule has 3 aromatic carbocycles. The van der Waals surface area contributed by atoms with E-state index in [0.29, 0.717) is 39.8 Å². The molecular formula is C27H21ClN2O4. The van der Waals surface area contributed by atoms with Gasteiger partial charge in [-0.1, -0.05) is 42.8 Å². The molecule has 1 aliphatic rings. The first kappa shape index (κ1) is 23.1. The van der Waals surface area contributed by atoms with Crippen molar-refractivity contribution in [2.24, 2.45) is 0 Å². The minimum Gasteiger partial charge on any atom is -0.507 e. The van der Waals surface area contributed by atoms with Gasteiger partial charge in [0.1, 0.15) is 11.5 Å². The van der Waals surface area contributed by atoms with Crippen LogP contribution in [-0.2, 0) is 9.59 Å². The Balaban J connectivity index is 1.91. The van der Waals surface area contributed by atoms with Crippen LogP contribution in [0.5, 0.6) is 5.75 Å². The number of hydrogen-bond donors (Lipinski definition) is 1. The molecule has 1 fully saturated rings. The molecule has 0 bridgehead atoms. The highest BCUT2D eigenvalue weighted by Gasteiger charge is 2.47. The normalized spacial score (nSPS) is 17.0. The maximum absolute atomic E-state index is 13.2. The van der Waals surface area contributed by atoms with Crippen LogP contribution in [-0.4, -0.2) is 23.4 Å². The van der Waals surface area contributed by atoms with Crippen molar-refractivity contribution in [2.75, 3.05) is 11.5 Å². The number of nitriles is 1. The topological polar surface area (TPSA) is 90.6 Å². The lowest BCUT2D eigenvalue weighted by atomic mass is 9.95. The van der Waals surface area contributed by atoms with Gasteiger partial charge in [-0.25, -0.2) is 0 Å². The summed E-state index contributed by atoms with van der Waals surface area (Å²) in [5.41, 5.74) is 1.72. The van der Waals surface area contributed by atoms with Crippen molar-refractivity contribution >= 4 is 34.7 Å². The predicted molar refractivity (Wildman–Crippen MR) is 130 cm³/mol. The fourth-order valence-corrected chi connectivity index (χ4v) is 4.09. The molecule has 1 N–H and O–H groups in total. The van der Waals surface area contributed by atoms with E-state index in [-0.39, 0.29) is 11.3 Å². The molecule has 3 aromatic rings. The van der Waals surface area contributed by atoms with E-state index in [1.54, 1.807) is 66.7 Å². The minimum atomic E-state index is -0.905. The zero-order valence-electron chi connectivity index (χ0n) is 18.4. The van der Waals surface area contributed by atoms with Crippen molar-refractivity contribution < 1.29 is 19.4 Å². The first-order valence-corrected chi connectivity index (χ1v) is 11.1. The molecule has 1 atom stereocenters. The number of rotatable bonds is 6. The van der Waals surface area contributed by atoms with Gasteiger partial charge in [0.15, 0.2) is 0 Å². The van der Waals surface area contributed by atoms with Gasteiger partial charge in [0, 0.05) is 16.3 Å². The Morgan fingerprint density at radius 2 is 1.82 bits per heavy atom. The Hall–Kier alpha value is -4.08. The molecule has 1 amide bonds. The highest BCUT2D eigenvalue weighted by atomic mass is 35.5. The summed E-state index contributed by atoms with van der Waals surface area (Å²) in [7, 11) is 0. The van der Waals surface area contributed by atoms with Gasteiger partial charge in [0.2, 0.25) is 0 Å². The van der Waals surface area contributed by atoms with E-state index in [2.05, 4.69) is 0 Å². The maximum atomic E-state index is 13.2. The Bertz CT molecular complexity index is 1320. The third-order valence-corrected chi connectivity index (χ3v) is 5.70. The zero-order valence-corrected chi connectivity index (χ0v) is 19.1. The van der Waals surface area contributed by atoms with Crippen molar-refractivity contribution in [2.45, 2.75) is 19.4 Å². The molecule has 1 aliphatic heterocycles. The van der Waals surface area contributed by atoms with Crippen LogP contribution in [0.3, 0.4) is 0 Å². The molecule has 4 rings (SSSR count). The second kappa shape index (κ2) is 9.82. The first-order valence-electron chi connectivity index (χ1n) is 10.7. The summed E-state index contributed by atoms with van der Waals surface area (Å²) in [6, 6.07) is 21.1. The number of carbonyl (C=O) groups is 2. The number of anilines is 1. The van der Waals surface area contributed by atoms with E-state index in [9.17, 15) is 14.7 Å². The number of benzene rings is 3. The molecule has 170 valence electrons. The third kappa shape index (κ3) is 4.39. The summed E-state index contributed by atoms with van der Waals surface area (Å²) in [6.07, 6.45) is 0.822. The molecule has 34 heavy (non-hydrogen) atoms. The van der Waals surface area contributed by atoms with Crippen molar-refractivity contribution in [3.05, 3.63) is 100 Å². The summed E-state index contributed by atoms with van der Waals surface area (Å²) < 4.78 is 5.76. The Morgan fingerprint density at radius 3 is 2.50 bits per heavy atom. The van der Waals surface area contributed by atoms with E-state index in [0.717, 1.165) is 6.42 Å². The summed E-state index contributed by atoms with van der Waals surface area (Å²) in [6.45, 7) is 2.51. The van der Waals surface area contributed by atoms with Gasteiger partial charge in [-0.15, -0.1) is 0 Å². The molecule has 0 aromatic heterocycles. The van der Waals surface area contributed by atoms with Crippen molar-refractivity contribution in [3.8, 4) is 11.8 Å². The molecule has 0 spiro atoms. The number of Topliss-reactive ketones (excluding diaryl/α,β-unsaturated/α-hetero) is 1. The third-order valence-electron chi connectivity index (χ3n) is 5.46. The summed E-state index contributed by atoms with van der Waals surface area (Å²) >= 11 is 6.10. The Labute approximate surface area is 202 Å². The molecule has 1 unspecified atom stereocenters. The van der Waals surface area contributed by atoms with Gasteiger partial charge >= 0.3 is 0 Å². The van der Waals surface area contributed by atoms with Crippen LogP contribution in [0.1, 0.15) is 36.1 Å². The monoisotopic (exact) mass is 472 g/mol. The lowest BCUT2D eigenvalue weighted by Crippen LogP contribution is -2.29. The fraction of sp³-hybridized carbons (Fsp3) is 0.148. The second-order valence-corrected chi connectivity index (χ2v) is 8.20. The van der Waals surface area contributed by atoms with Gasteiger partial charge < -0.3 is 9.84 Å². The van der Waals surface area contributed by atoms with Gasteiger partial charge in [-0.05, 0) is 60.5 Å². The van der Waals surface area contributed by atoms with E-state index < -0.39 is 17.7 Å². The second-order valence-electron chi connectivity index (χ2n) is 7.76. The largest absolute Gasteiger partial charge is 0.507 e. The standard InChI is InChI=1S/C27H21ClN2O4/c1-2-13-34-22-8-4-5-18(15-22)24-23(25(31)19-6-3-7-20(28)14-19)26(32)27(33)30(24)21-11-9-17(16-29)10-12-21/h3-12,14-15,24,31H,2,13H2,1H3/b25-23-. The average Bonchev–Trinajstić information content (AvgIpc) is 3.13. The number of amides is 1. The molecule has 0 radical (unpaired) electrons. The van der Waals surface area contributed by atoms with Crippen LogP contribution in [0.2, 0.25) is 5.02 Å². The number of nitrogens with zero attached hydrogens (tertiary/aromatic N) is 2. The smallest absolute Gasteiger partial charge is 0.300 e. The summed E-state index contributed by atoms with van der Waals surface area (Å²) in [5, 5.41) is 20.7. The number of carbonyl (C=O) groups excluding carboxylic acids is 2. The number of aliphatic hydroxyl groups excluding tert-OH is 1. The summed E-state index contributed by atoms with van der Waals surface area (Å²) in [4.78, 5) is 27.8. The molecule has 1 heterocycles. The van der Waals surface area contributed by atoms with Crippen LogP contribution in [0.15, 0.2) is 78.4 Å². The predicted octanol–water partition coefficient (Wildman–Crippen LogP) is 5.63. The van der Waals surface area contributed by atoms with Crippen molar-refractivity contribution in [1.29, 1.82) is 5.26 Å². The lowest BCUT2D eigenvalue weighted by molar-refractivity contribution is -0.132. The highest BCUT2D eigenvalue weighted by Crippen LogP contribution is 2.43. The van der Waals surface area contributed by atoms with E-state index >= 15 is 0 Å². The molecule has 7 heteroatoms. The summed E-state index contributed by atoms with van der Waals surface area (Å²) in [5.74, 6) is -1.32. The van der Waals surface area contributed by atoms with Crippen LogP contribution in [0.4, 0.5) is 5.69 Å². The first-order chi connectivity index (χ1) is 16.4. The quantitative estimate of drug-likeness (QED) is 0.285. The van der Waals surface area contributed by atoms with Crippen LogP contribution in [0, 0.1) is 11.3 Å². The van der Waals surface area contributed by atoms with Gasteiger partial charge in [-0.2, -0.15) is 5.26 Å². The average molecular weight is 473 g/mol. The van der Waals surface area contributed by atoms with Gasteiger partial charge in [-0.3, -0.25) is 14.5 Å². The molecule has 0 aliphatic carbocycles. The lowest BCUT2D eigenvalue weighted by Gasteiger charge is -2.26. The molecule has 6 nitrogen and oxygen atoms in total. The zero-order chi connectivity index (χ0) is 24.2. The van der Waals surface area contributed by atoms with Crippen LogP contribution < -0.4 is 9.64 Å². The number of ether oxygens (including phenoxy) is 1. The van der Waals surface area contributed by atoms with E-state index in [4.69, 9.17) is 21.6 Å². The van der Waals surface area contributed by atoms with Crippen molar-refractivity contribution in [3.63, 3.8) is 0 Å². The van der Waals surface area contributed by atoms with Gasteiger partial charge in [0.25, 0.3) is 11.7 Å². The Kier molecular flexibility index (Phi) is 6.67. The Morgan fingerprint density at radius 1 is 1.09 bits per heavy atom. The van der Waals surface area contributed by atoms with E-state index in [1.807, 2.05) is 13.0 Å². The van der Waals surface area contributed by atoms with Crippen LogP contribution in [0.25, 0.3) is 5.76 Å². The van der Waals surface area contributed by atoms with Gasteiger partial charge in [0.05, 0.1) is 29.9 Å². The van der Waals surface area contributed by atoms with Crippen molar-refractivity contribution in [1.82, 2.24) is 0 Å². The van der Waals surface area contributed by atoms with E-state index in [1.165, 1.54) is 11.0 Å². The molecular weight excluding hydrogens is 452 g/mol. The number of halogens is 1. The number of hydrogen-bond acceptors (Lipinski definition) is 5. The fourth-order valence-electron chi connectivity index (χ4n) is 3.90. The molecule has 1 saturated heterocycles. The molecule has 0 saturated carbocycles.